The number of ether oxygens (including phenoxy) is 1. The summed E-state index contributed by atoms with van der Waals surface area (Å²) in [6.45, 7) is 0.336. The maximum Gasteiger partial charge on any atom is 0.314 e. The molecule has 0 saturated heterocycles. The van der Waals surface area contributed by atoms with Gasteiger partial charge in [0.25, 0.3) is 0 Å². The lowest BCUT2D eigenvalue weighted by Gasteiger charge is -2.22. The van der Waals surface area contributed by atoms with Crippen LogP contribution in [0.4, 0.5) is 0 Å². The molecule has 5 nitrogen and oxygen atoms in total. The smallest absolute Gasteiger partial charge is 0.314 e. The Balaban J connectivity index is 1.53. The van der Waals surface area contributed by atoms with E-state index in [1.54, 1.807) is 0 Å². The Morgan fingerprint density at radius 3 is 1.97 bits per heavy atom. The molecule has 7 heteroatoms. The van der Waals surface area contributed by atoms with Gasteiger partial charge in [-0.2, -0.15) is 0 Å². The van der Waals surface area contributed by atoms with E-state index >= 15 is 0 Å². The average molecular weight is 465 g/mol. The third-order valence-corrected chi connectivity index (χ3v) is 6.22. The molecule has 1 aromatic heterocycles. The fraction of sp³-hybridized carbons (Fsp3) is 0.120. The Morgan fingerprint density at radius 1 is 0.781 bits per heavy atom. The van der Waals surface area contributed by atoms with Gasteiger partial charge in [-0.15, -0.1) is 0 Å². The lowest BCUT2D eigenvalue weighted by Crippen LogP contribution is -2.31. The van der Waals surface area contributed by atoms with Crippen LogP contribution >= 0.6 is 23.2 Å². The molecule has 0 radical (unpaired) electrons. The van der Waals surface area contributed by atoms with Gasteiger partial charge in [0, 0.05) is 21.5 Å². The predicted molar refractivity (Wildman–Crippen MR) is 126 cm³/mol. The van der Waals surface area contributed by atoms with Gasteiger partial charge in [0.2, 0.25) is 0 Å². The maximum absolute atomic E-state index is 12.0. The van der Waals surface area contributed by atoms with E-state index in [0.717, 1.165) is 22.3 Å². The highest BCUT2D eigenvalue weighted by atomic mass is 35.5. The lowest BCUT2D eigenvalue weighted by molar-refractivity contribution is 0.0744. The van der Waals surface area contributed by atoms with E-state index in [0.29, 0.717) is 28.0 Å². The van der Waals surface area contributed by atoms with Crippen LogP contribution in [0.2, 0.25) is 10.0 Å². The average Bonchev–Trinajstić information content (AvgIpc) is 3.09. The summed E-state index contributed by atoms with van der Waals surface area (Å²) >= 11 is 12.2. The van der Waals surface area contributed by atoms with Crippen LogP contribution in [0.15, 0.2) is 82.4 Å². The van der Waals surface area contributed by atoms with Crippen LogP contribution in [-0.2, 0) is 4.74 Å². The topological polar surface area (TPSA) is 75.0 Å². The van der Waals surface area contributed by atoms with E-state index in [9.17, 15) is 9.59 Å². The molecule has 0 aliphatic heterocycles. The molecule has 4 aromatic rings. The first-order chi connectivity index (χ1) is 15.5. The summed E-state index contributed by atoms with van der Waals surface area (Å²) in [6, 6.07) is 22.9. The van der Waals surface area contributed by atoms with Gasteiger partial charge < -0.3 is 14.7 Å². The summed E-state index contributed by atoms with van der Waals surface area (Å²) in [7, 11) is 0. The molecule has 160 valence electrons. The van der Waals surface area contributed by atoms with Crippen molar-refractivity contribution in [2.45, 2.75) is 12.0 Å². The molecule has 0 spiro atoms. The van der Waals surface area contributed by atoms with Gasteiger partial charge >= 0.3 is 11.1 Å². The van der Waals surface area contributed by atoms with Gasteiger partial charge in [-0.25, -0.2) is 0 Å². The van der Waals surface area contributed by atoms with Crippen molar-refractivity contribution in [1.29, 1.82) is 0 Å². The van der Waals surface area contributed by atoms with E-state index in [1.165, 1.54) is 0 Å². The number of hydrogen-bond acceptors (Lipinski definition) is 3. The molecule has 5 rings (SSSR count). The van der Waals surface area contributed by atoms with Crippen LogP contribution in [0.25, 0.3) is 11.3 Å². The molecule has 1 heterocycles. The van der Waals surface area contributed by atoms with Crippen LogP contribution in [0.5, 0.6) is 0 Å². The molecule has 2 N–H and O–H groups in total. The van der Waals surface area contributed by atoms with Crippen molar-refractivity contribution in [2.24, 2.45) is 0 Å². The molecule has 1 unspecified atom stereocenters. The maximum atomic E-state index is 12.0. The van der Waals surface area contributed by atoms with Crippen molar-refractivity contribution in [3.8, 4) is 11.3 Å². The first-order valence-corrected chi connectivity index (χ1v) is 10.8. The summed E-state index contributed by atoms with van der Waals surface area (Å²) in [4.78, 5) is 29.4. The monoisotopic (exact) mass is 464 g/mol. The number of nitrogens with one attached hydrogen (secondary N) is 2. The zero-order chi connectivity index (χ0) is 22.2. The highest BCUT2D eigenvalue weighted by Gasteiger charge is 2.32. The van der Waals surface area contributed by atoms with Crippen molar-refractivity contribution >= 4 is 23.2 Å². The quantitative estimate of drug-likeness (QED) is 0.394. The van der Waals surface area contributed by atoms with Crippen LogP contribution in [0.1, 0.15) is 34.4 Å². The third-order valence-electron chi connectivity index (χ3n) is 5.71. The van der Waals surface area contributed by atoms with Crippen molar-refractivity contribution < 1.29 is 4.74 Å². The van der Waals surface area contributed by atoms with Gasteiger partial charge in [0.15, 0.2) is 0 Å². The van der Waals surface area contributed by atoms with Gasteiger partial charge in [-0.3, -0.25) is 9.59 Å². The van der Waals surface area contributed by atoms with E-state index in [2.05, 4.69) is 9.97 Å². The Bertz CT molecular complexity index is 1350. The van der Waals surface area contributed by atoms with Gasteiger partial charge in [0.05, 0.1) is 18.0 Å². The van der Waals surface area contributed by atoms with Crippen molar-refractivity contribution in [2.75, 3.05) is 6.61 Å². The number of benzene rings is 3. The normalized spacial score (nSPS) is 14.4. The lowest BCUT2D eigenvalue weighted by atomic mass is 9.92. The number of aromatic amines is 2. The SMILES string of the molecule is O=c1[nH]c2c([nH]c1=O)C(OCC(c1ccc(Cl)cc1)c1ccc(Cl)cc1)c1ccccc1-2. The molecule has 0 amide bonds. The Morgan fingerprint density at radius 2 is 1.34 bits per heavy atom. The van der Waals surface area contributed by atoms with Crippen molar-refractivity contribution in [1.82, 2.24) is 9.97 Å². The van der Waals surface area contributed by atoms with Crippen LogP contribution in [0, 0.1) is 0 Å². The summed E-state index contributed by atoms with van der Waals surface area (Å²) in [5.74, 6) is -0.0878. The minimum atomic E-state index is -0.697. The van der Waals surface area contributed by atoms with Crippen molar-refractivity contribution in [3.05, 3.63) is 126 Å². The Hall–Kier alpha value is -3.12. The second-order valence-corrected chi connectivity index (χ2v) is 8.53. The minimum absolute atomic E-state index is 0.0878. The van der Waals surface area contributed by atoms with E-state index < -0.39 is 17.2 Å². The largest absolute Gasteiger partial charge is 0.366 e. The van der Waals surface area contributed by atoms with Gasteiger partial charge in [0.1, 0.15) is 6.10 Å². The molecule has 3 aromatic carbocycles. The highest BCUT2D eigenvalue weighted by molar-refractivity contribution is 6.30. The number of halogens is 2. The predicted octanol–water partition coefficient (Wildman–Crippen LogP) is 5.29. The van der Waals surface area contributed by atoms with Crippen LogP contribution < -0.4 is 11.1 Å². The molecule has 32 heavy (non-hydrogen) atoms. The second kappa shape index (κ2) is 8.43. The molecule has 1 atom stereocenters. The molecule has 0 fully saturated rings. The van der Waals surface area contributed by atoms with Crippen LogP contribution in [-0.4, -0.2) is 16.6 Å². The molecule has 0 saturated carbocycles. The fourth-order valence-corrected chi connectivity index (χ4v) is 4.39. The molecule has 1 aliphatic rings. The molecule has 0 bridgehead atoms. The zero-order valence-corrected chi connectivity index (χ0v) is 18.3. The highest BCUT2D eigenvalue weighted by Crippen LogP contribution is 2.43. The molecule has 1 aliphatic carbocycles. The Kier molecular flexibility index (Phi) is 5.47. The van der Waals surface area contributed by atoms with Gasteiger partial charge in [-0.05, 0) is 41.0 Å². The van der Waals surface area contributed by atoms with E-state index in [1.807, 2.05) is 72.8 Å². The number of hydrogen-bond donors (Lipinski definition) is 2. The summed E-state index contributed by atoms with van der Waals surface area (Å²) in [6.07, 6.45) is -0.507. The third kappa shape index (κ3) is 3.79. The zero-order valence-electron chi connectivity index (χ0n) is 16.8. The Labute approximate surface area is 193 Å². The number of fused-ring (bicyclic) bond motifs is 3. The summed E-state index contributed by atoms with van der Waals surface area (Å²) in [5.41, 5.74) is 3.58. The second-order valence-electron chi connectivity index (χ2n) is 7.65. The van der Waals surface area contributed by atoms with E-state index in [-0.39, 0.29) is 5.92 Å². The number of H-pyrrole nitrogens is 2. The first kappa shape index (κ1) is 20.8. The van der Waals surface area contributed by atoms with E-state index in [4.69, 9.17) is 27.9 Å². The number of rotatable bonds is 5. The van der Waals surface area contributed by atoms with Crippen molar-refractivity contribution in [3.63, 3.8) is 0 Å². The summed E-state index contributed by atoms with van der Waals surface area (Å²) < 4.78 is 6.42. The van der Waals surface area contributed by atoms with Crippen LogP contribution in [0.3, 0.4) is 0 Å². The number of aromatic nitrogens is 2. The minimum Gasteiger partial charge on any atom is -0.366 e. The van der Waals surface area contributed by atoms with Gasteiger partial charge in [-0.1, -0.05) is 71.7 Å². The standard InChI is InChI=1S/C25H18Cl2N2O3/c26-16-9-5-14(6-10-16)20(15-7-11-17(27)12-8-15)13-32-23-19-4-2-1-3-18(19)21-22(23)29-25(31)24(30)28-21/h1-12,20,23H,13H2,(H,28,30)(H,29,31). The molecular weight excluding hydrogens is 447 g/mol. The summed E-state index contributed by atoms with van der Waals surface area (Å²) in [5, 5.41) is 1.31. The fourth-order valence-electron chi connectivity index (χ4n) is 4.14. The first-order valence-electron chi connectivity index (χ1n) is 10.1. The molecular formula is C25H18Cl2N2O3.